The molecule has 5 rings (SSSR count). The second kappa shape index (κ2) is 7.60. The molecule has 1 aliphatic carbocycles. The van der Waals surface area contributed by atoms with Gasteiger partial charge in [-0.3, -0.25) is 4.79 Å². The van der Waals surface area contributed by atoms with Gasteiger partial charge in [-0.1, -0.05) is 6.42 Å². The first-order valence-corrected chi connectivity index (χ1v) is 11.1. The molecule has 0 unspecified atom stereocenters. The molecule has 0 bridgehead atoms. The van der Waals surface area contributed by atoms with Gasteiger partial charge in [-0.25, -0.2) is 4.39 Å². The third-order valence-electron chi connectivity index (χ3n) is 7.03. The Labute approximate surface area is 176 Å². The number of carbonyl (C=O) groups excluding carboxylic acids is 1. The first-order chi connectivity index (χ1) is 14.5. The van der Waals surface area contributed by atoms with Crippen LogP contribution >= 0.6 is 0 Å². The smallest absolute Gasteiger partial charge is 0.298 e. The Kier molecular flexibility index (Phi) is 4.91. The van der Waals surface area contributed by atoms with E-state index in [1.807, 2.05) is 0 Å². The molecule has 1 aromatic heterocycles. The average molecular weight is 413 g/mol. The number of piperidine rings is 1. The largest absolute Gasteiger partial charge is 0.428 e. The van der Waals surface area contributed by atoms with E-state index in [0.29, 0.717) is 28.6 Å². The highest BCUT2D eigenvalue weighted by Crippen LogP contribution is 2.48. The summed E-state index contributed by atoms with van der Waals surface area (Å²) in [5.41, 5.74) is 1.72. The minimum atomic E-state index is -0.370. The van der Waals surface area contributed by atoms with Gasteiger partial charge in [0.15, 0.2) is 5.69 Å². The number of aryl methyl sites for hydroxylation is 1. The molecule has 7 heteroatoms. The van der Waals surface area contributed by atoms with Gasteiger partial charge in [0, 0.05) is 31.9 Å². The lowest BCUT2D eigenvalue weighted by molar-refractivity contribution is 0.102. The Balaban J connectivity index is 1.27. The Morgan fingerprint density at radius 3 is 2.57 bits per heavy atom. The topological polar surface area (TPSA) is 61.6 Å². The zero-order chi connectivity index (χ0) is 20.7. The summed E-state index contributed by atoms with van der Waals surface area (Å²) in [6, 6.07) is 5.41. The summed E-state index contributed by atoms with van der Waals surface area (Å²) < 4.78 is 20.5. The zero-order valence-corrected chi connectivity index (χ0v) is 17.5. The Morgan fingerprint density at radius 2 is 1.90 bits per heavy atom. The number of aromatic nitrogens is 1. The molecule has 1 spiro atoms. The molecule has 6 nitrogen and oxygen atoms in total. The van der Waals surface area contributed by atoms with Gasteiger partial charge in [-0.05, 0) is 69.1 Å². The quantitative estimate of drug-likeness (QED) is 0.786. The van der Waals surface area contributed by atoms with E-state index in [1.54, 1.807) is 19.1 Å². The molecule has 1 amide bonds. The Hall–Kier alpha value is -2.57. The van der Waals surface area contributed by atoms with Crippen LogP contribution in [0.25, 0.3) is 0 Å². The highest BCUT2D eigenvalue weighted by Gasteiger charge is 2.44. The van der Waals surface area contributed by atoms with E-state index in [1.165, 1.54) is 38.2 Å². The molecule has 1 aromatic carbocycles. The standard InChI is InChI=1S/C23H29FN4O2/c1-16-20(26-22(30-16)28-13-10-23(15-28)8-5-9-23)21(29)25-17-6-7-19(18(24)14-17)27-11-3-2-4-12-27/h6-7,14H,2-5,8-13,15H2,1H3,(H,25,29). The van der Waals surface area contributed by atoms with Gasteiger partial charge in [-0.15, -0.1) is 0 Å². The van der Waals surface area contributed by atoms with Gasteiger partial charge < -0.3 is 19.5 Å². The minimum absolute atomic E-state index is 0.264. The van der Waals surface area contributed by atoms with Crippen molar-refractivity contribution >= 4 is 23.3 Å². The van der Waals surface area contributed by atoms with Crippen LogP contribution in [-0.2, 0) is 0 Å². The lowest BCUT2D eigenvalue weighted by atomic mass is 9.68. The molecule has 3 fully saturated rings. The van der Waals surface area contributed by atoms with Crippen LogP contribution in [0.15, 0.2) is 22.6 Å². The van der Waals surface area contributed by atoms with Crippen molar-refractivity contribution in [1.82, 2.24) is 4.98 Å². The van der Waals surface area contributed by atoms with Crippen LogP contribution in [0.2, 0.25) is 0 Å². The predicted octanol–water partition coefficient (Wildman–Crippen LogP) is 4.75. The molecule has 3 aliphatic rings. The van der Waals surface area contributed by atoms with Crippen molar-refractivity contribution in [2.24, 2.45) is 5.41 Å². The number of halogens is 1. The Morgan fingerprint density at radius 1 is 1.10 bits per heavy atom. The lowest BCUT2D eigenvalue weighted by Crippen LogP contribution is -2.33. The van der Waals surface area contributed by atoms with Crippen molar-refractivity contribution in [2.45, 2.75) is 51.9 Å². The van der Waals surface area contributed by atoms with Crippen LogP contribution in [0.5, 0.6) is 0 Å². The maximum absolute atomic E-state index is 14.7. The van der Waals surface area contributed by atoms with E-state index in [4.69, 9.17) is 4.42 Å². The van der Waals surface area contributed by atoms with Gasteiger partial charge in [0.25, 0.3) is 11.9 Å². The van der Waals surface area contributed by atoms with Gasteiger partial charge >= 0.3 is 0 Å². The van der Waals surface area contributed by atoms with E-state index in [9.17, 15) is 9.18 Å². The van der Waals surface area contributed by atoms with E-state index in [0.717, 1.165) is 39.0 Å². The summed E-state index contributed by atoms with van der Waals surface area (Å²) in [6.07, 6.45) is 8.39. The predicted molar refractivity (Wildman–Crippen MR) is 115 cm³/mol. The average Bonchev–Trinajstić information content (AvgIpc) is 3.33. The first kappa shape index (κ1) is 19.4. The highest BCUT2D eigenvalue weighted by molar-refractivity contribution is 6.03. The number of hydrogen-bond acceptors (Lipinski definition) is 5. The summed E-state index contributed by atoms with van der Waals surface area (Å²) in [7, 11) is 0. The number of carbonyl (C=O) groups is 1. The van der Waals surface area contributed by atoms with E-state index < -0.39 is 0 Å². The second-order valence-electron chi connectivity index (χ2n) is 9.09. The van der Waals surface area contributed by atoms with Crippen LogP contribution in [0, 0.1) is 18.2 Å². The van der Waals surface area contributed by atoms with Gasteiger partial charge in [0.2, 0.25) is 0 Å². The first-order valence-electron chi connectivity index (χ1n) is 11.1. The van der Waals surface area contributed by atoms with Crippen molar-refractivity contribution in [3.63, 3.8) is 0 Å². The number of oxazole rings is 1. The number of amides is 1. The van der Waals surface area contributed by atoms with E-state index >= 15 is 0 Å². The highest BCUT2D eigenvalue weighted by atomic mass is 19.1. The molecule has 2 aliphatic heterocycles. The third kappa shape index (κ3) is 3.55. The van der Waals surface area contributed by atoms with Gasteiger partial charge in [0.05, 0.1) is 5.69 Å². The fraction of sp³-hybridized carbons (Fsp3) is 0.565. The number of rotatable bonds is 4. The molecule has 1 N–H and O–H groups in total. The summed E-state index contributed by atoms with van der Waals surface area (Å²) in [5, 5.41) is 2.77. The molecule has 0 atom stereocenters. The molecular weight excluding hydrogens is 383 g/mol. The summed E-state index contributed by atoms with van der Waals surface area (Å²) >= 11 is 0. The fourth-order valence-electron chi connectivity index (χ4n) is 5.08. The normalized spacial score (nSPS) is 20.5. The zero-order valence-electron chi connectivity index (χ0n) is 17.5. The SMILES string of the molecule is Cc1oc(N2CCC3(CCC3)C2)nc1C(=O)Nc1ccc(N2CCCCC2)c(F)c1. The molecule has 1 saturated carbocycles. The maximum Gasteiger partial charge on any atom is 0.298 e. The van der Waals surface area contributed by atoms with Crippen LogP contribution in [-0.4, -0.2) is 37.1 Å². The second-order valence-corrected chi connectivity index (χ2v) is 9.09. The number of anilines is 3. The maximum atomic E-state index is 14.7. The van der Waals surface area contributed by atoms with Crippen molar-refractivity contribution in [1.29, 1.82) is 0 Å². The van der Waals surface area contributed by atoms with E-state index in [2.05, 4.69) is 20.1 Å². The number of benzene rings is 1. The molecule has 160 valence electrons. The fourth-order valence-corrected chi connectivity index (χ4v) is 5.08. The van der Waals surface area contributed by atoms with E-state index in [-0.39, 0.29) is 17.4 Å². The number of nitrogens with one attached hydrogen (secondary N) is 1. The van der Waals surface area contributed by atoms with Crippen molar-refractivity contribution in [2.75, 3.05) is 41.3 Å². The van der Waals surface area contributed by atoms with Crippen LogP contribution in [0.3, 0.4) is 0 Å². The third-order valence-corrected chi connectivity index (χ3v) is 7.03. The Bertz CT molecular complexity index is 947. The van der Waals surface area contributed by atoms with Crippen LogP contribution in [0.1, 0.15) is 61.2 Å². The minimum Gasteiger partial charge on any atom is -0.428 e. The van der Waals surface area contributed by atoms with Crippen molar-refractivity contribution in [3.05, 3.63) is 35.5 Å². The summed E-state index contributed by atoms with van der Waals surface area (Å²) in [5.74, 6) is -0.192. The number of nitrogens with zero attached hydrogens (tertiary/aromatic N) is 3. The molecular formula is C23H29FN4O2. The molecule has 2 saturated heterocycles. The molecule has 30 heavy (non-hydrogen) atoms. The monoisotopic (exact) mass is 412 g/mol. The summed E-state index contributed by atoms with van der Waals surface area (Å²) in [4.78, 5) is 21.5. The van der Waals surface area contributed by atoms with Gasteiger partial charge in [0.1, 0.15) is 11.6 Å². The van der Waals surface area contributed by atoms with Crippen molar-refractivity contribution < 1.29 is 13.6 Å². The molecule has 3 heterocycles. The molecule has 0 radical (unpaired) electrons. The molecule has 2 aromatic rings. The van der Waals surface area contributed by atoms with Crippen LogP contribution < -0.4 is 15.1 Å². The van der Waals surface area contributed by atoms with Gasteiger partial charge in [-0.2, -0.15) is 4.98 Å². The lowest BCUT2D eigenvalue weighted by Gasteiger charge is -2.37. The summed E-state index contributed by atoms with van der Waals surface area (Å²) in [6.45, 7) is 5.38. The van der Waals surface area contributed by atoms with Crippen LogP contribution in [0.4, 0.5) is 21.8 Å². The number of hydrogen-bond donors (Lipinski definition) is 1. The van der Waals surface area contributed by atoms with Crippen molar-refractivity contribution in [3.8, 4) is 0 Å².